The molecular formula is C9H9ClN2O2S. The molecule has 0 bridgehead atoms. The van der Waals surface area contributed by atoms with Gasteiger partial charge in [-0.25, -0.2) is 13.1 Å². The number of alkyl halides is 1. The van der Waals surface area contributed by atoms with Gasteiger partial charge in [0.1, 0.15) is 5.38 Å². The van der Waals surface area contributed by atoms with E-state index in [1.807, 2.05) is 0 Å². The summed E-state index contributed by atoms with van der Waals surface area (Å²) in [6, 6.07) is 9.63. The van der Waals surface area contributed by atoms with Gasteiger partial charge >= 0.3 is 0 Å². The maximum atomic E-state index is 11.6. The summed E-state index contributed by atoms with van der Waals surface area (Å²) in [5.41, 5.74) is 0. The van der Waals surface area contributed by atoms with Crippen LogP contribution in [-0.2, 0) is 10.0 Å². The summed E-state index contributed by atoms with van der Waals surface area (Å²) in [4.78, 5) is 0.159. The summed E-state index contributed by atoms with van der Waals surface area (Å²) in [5.74, 6) is 0. The quantitative estimate of drug-likeness (QED) is 0.807. The highest BCUT2D eigenvalue weighted by atomic mass is 35.5. The lowest BCUT2D eigenvalue weighted by molar-refractivity contribution is 0.582. The van der Waals surface area contributed by atoms with E-state index in [2.05, 4.69) is 4.72 Å². The van der Waals surface area contributed by atoms with Gasteiger partial charge in [0.2, 0.25) is 10.0 Å². The predicted octanol–water partition coefficient (Wildman–Crippen LogP) is 1.10. The van der Waals surface area contributed by atoms with Gasteiger partial charge in [-0.05, 0) is 12.1 Å². The van der Waals surface area contributed by atoms with Gasteiger partial charge in [-0.3, -0.25) is 0 Å². The van der Waals surface area contributed by atoms with Crippen LogP contribution in [-0.4, -0.2) is 20.3 Å². The van der Waals surface area contributed by atoms with Gasteiger partial charge in [-0.15, -0.1) is 11.6 Å². The molecule has 0 spiro atoms. The van der Waals surface area contributed by atoms with Crippen LogP contribution < -0.4 is 4.72 Å². The highest BCUT2D eigenvalue weighted by Crippen LogP contribution is 2.07. The fourth-order valence-electron chi connectivity index (χ4n) is 0.911. The average Bonchev–Trinajstić information content (AvgIpc) is 2.27. The Bertz CT molecular complexity index is 453. The minimum Gasteiger partial charge on any atom is -0.209 e. The Morgan fingerprint density at radius 1 is 1.40 bits per heavy atom. The number of halogens is 1. The second-order valence-corrected chi connectivity index (χ2v) is 5.06. The molecule has 0 aromatic heterocycles. The van der Waals surface area contributed by atoms with Crippen LogP contribution in [0.25, 0.3) is 0 Å². The van der Waals surface area contributed by atoms with E-state index in [4.69, 9.17) is 16.9 Å². The zero-order chi connectivity index (χ0) is 11.3. The third-order valence-corrected chi connectivity index (χ3v) is 3.34. The standard InChI is InChI=1S/C9H9ClN2O2S/c10-8(6-11)7-12-15(13,14)9-4-2-1-3-5-9/h1-5,8,12H,7H2. The van der Waals surface area contributed by atoms with Crippen LogP contribution in [0, 0.1) is 11.3 Å². The van der Waals surface area contributed by atoms with E-state index < -0.39 is 15.4 Å². The van der Waals surface area contributed by atoms with Crippen LogP contribution in [0.5, 0.6) is 0 Å². The number of sulfonamides is 1. The highest BCUT2D eigenvalue weighted by molar-refractivity contribution is 7.89. The highest BCUT2D eigenvalue weighted by Gasteiger charge is 2.14. The van der Waals surface area contributed by atoms with Crippen LogP contribution in [0.15, 0.2) is 35.2 Å². The number of benzene rings is 1. The van der Waals surface area contributed by atoms with Gasteiger partial charge in [0.05, 0.1) is 11.0 Å². The third-order valence-electron chi connectivity index (χ3n) is 1.65. The van der Waals surface area contributed by atoms with Crippen molar-refractivity contribution in [1.82, 2.24) is 4.72 Å². The first kappa shape index (κ1) is 12.0. The summed E-state index contributed by atoms with van der Waals surface area (Å²) in [6.45, 7) is -0.102. The van der Waals surface area contributed by atoms with Gasteiger partial charge in [0, 0.05) is 6.54 Å². The Morgan fingerprint density at radius 2 is 2.00 bits per heavy atom. The van der Waals surface area contributed by atoms with E-state index >= 15 is 0 Å². The van der Waals surface area contributed by atoms with E-state index in [-0.39, 0.29) is 11.4 Å². The van der Waals surface area contributed by atoms with Gasteiger partial charge in [0.15, 0.2) is 0 Å². The van der Waals surface area contributed by atoms with Crippen molar-refractivity contribution in [2.75, 3.05) is 6.54 Å². The molecule has 1 N–H and O–H groups in total. The number of nitriles is 1. The first-order valence-corrected chi connectivity index (χ1v) is 6.06. The van der Waals surface area contributed by atoms with Crippen LogP contribution in [0.1, 0.15) is 0 Å². The van der Waals surface area contributed by atoms with Crippen molar-refractivity contribution in [2.45, 2.75) is 10.3 Å². The van der Waals surface area contributed by atoms with Crippen molar-refractivity contribution in [3.05, 3.63) is 30.3 Å². The average molecular weight is 245 g/mol. The van der Waals surface area contributed by atoms with E-state index in [1.54, 1.807) is 24.3 Å². The summed E-state index contributed by atoms with van der Waals surface area (Å²) in [6.07, 6.45) is 0. The second kappa shape index (κ2) is 5.12. The molecule has 0 saturated heterocycles. The Hall–Kier alpha value is -1.09. The van der Waals surface area contributed by atoms with Crippen molar-refractivity contribution in [3.8, 4) is 6.07 Å². The summed E-state index contributed by atoms with van der Waals surface area (Å²) in [5, 5.41) is 7.53. The largest absolute Gasteiger partial charge is 0.240 e. The van der Waals surface area contributed by atoms with Gasteiger partial charge in [0.25, 0.3) is 0 Å². The van der Waals surface area contributed by atoms with Gasteiger partial charge in [-0.1, -0.05) is 18.2 Å². The molecule has 0 saturated carbocycles. The Balaban J connectivity index is 2.74. The van der Waals surface area contributed by atoms with E-state index in [1.165, 1.54) is 12.1 Å². The summed E-state index contributed by atoms with van der Waals surface area (Å²) >= 11 is 5.47. The van der Waals surface area contributed by atoms with Crippen molar-refractivity contribution < 1.29 is 8.42 Å². The van der Waals surface area contributed by atoms with Gasteiger partial charge < -0.3 is 0 Å². The number of rotatable bonds is 4. The molecule has 0 fully saturated rings. The molecule has 15 heavy (non-hydrogen) atoms. The molecule has 6 heteroatoms. The first-order chi connectivity index (χ1) is 7.06. The van der Waals surface area contributed by atoms with E-state index in [0.29, 0.717) is 0 Å². The number of nitrogens with zero attached hydrogens (tertiary/aromatic N) is 1. The lowest BCUT2D eigenvalue weighted by Gasteiger charge is -2.06. The summed E-state index contributed by atoms with van der Waals surface area (Å²) < 4.78 is 25.4. The summed E-state index contributed by atoms with van der Waals surface area (Å²) in [7, 11) is -3.55. The molecule has 0 aliphatic carbocycles. The van der Waals surface area contributed by atoms with Crippen molar-refractivity contribution in [1.29, 1.82) is 5.26 Å². The Labute approximate surface area is 93.5 Å². The smallest absolute Gasteiger partial charge is 0.209 e. The zero-order valence-electron chi connectivity index (χ0n) is 7.72. The number of nitrogens with one attached hydrogen (secondary N) is 1. The van der Waals surface area contributed by atoms with Gasteiger partial charge in [-0.2, -0.15) is 5.26 Å². The molecule has 1 unspecified atom stereocenters. The molecule has 4 nitrogen and oxygen atoms in total. The first-order valence-electron chi connectivity index (χ1n) is 4.14. The fourth-order valence-corrected chi connectivity index (χ4v) is 2.15. The van der Waals surface area contributed by atoms with Crippen molar-refractivity contribution >= 4 is 21.6 Å². The fraction of sp³-hybridized carbons (Fsp3) is 0.222. The Kier molecular flexibility index (Phi) is 4.09. The maximum Gasteiger partial charge on any atom is 0.240 e. The lowest BCUT2D eigenvalue weighted by Crippen LogP contribution is -2.29. The predicted molar refractivity (Wildman–Crippen MR) is 56.9 cm³/mol. The van der Waals surface area contributed by atoms with Crippen molar-refractivity contribution in [3.63, 3.8) is 0 Å². The second-order valence-electron chi connectivity index (χ2n) is 2.76. The molecule has 1 aromatic rings. The molecule has 80 valence electrons. The van der Waals surface area contributed by atoms with Crippen LogP contribution in [0.2, 0.25) is 0 Å². The molecule has 0 aliphatic heterocycles. The topological polar surface area (TPSA) is 70.0 Å². The molecule has 0 aliphatic rings. The van der Waals surface area contributed by atoms with Crippen molar-refractivity contribution in [2.24, 2.45) is 0 Å². The molecule has 0 radical (unpaired) electrons. The van der Waals surface area contributed by atoms with E-state index in [9.17, 15) is 8.42 Å². The molecule has 1 rings (SSSR count). The molecule has 1 aromatic carbocycles. The molecule has 0 amide bonds. The monoisotopic (exact) mass is 244 g/mol. The third kappa shape index (κ3) is 3.51. The zero-order valence-corrected chi connectivity index (χ0v) is 9.29. The Morgan fingerprint density at radius 3 is 2.53 bits per heavy atom. The molecular weight excluding hydrogens is 236 g/mol. The minimum atomic E-state index is -3.55. The number of hydrogen-bond donors (Lipinski definition) is 1. The normalized spacial score (nSPS) is 13.1. The minimum absolute atomic E-state index is 0.102. The van der Waals surface area contributed by atoms with Crippen LogP contribution >= 0.6 is 11.6 Å². The number of hydrogen-bond acceptors (Lipinski definition) is 3. The van der Waals surface area contributed by atoms with Crippen LogP contribution in [0.3, 0.4) is 0 Å². The SMILES string of the molecule is N#CC(Cl)CNS(=O)(=O)c1ccccc1. The van der Waals surface area contributed by atoms with E-state index in [0.717, 1.165) is 0 Å². The molecule has 0 heterocycles. The lowest BCUT2D eigenvalue weighted by atomic mass is 10.4. The maximum absolute atomic E-state index is 11.6. The molecule has 1 atom stereocenters. The van der Waals surface area contributed by atoms with Crippen LogP contribution in [0.4, 0.5) is 0 Å².